The Kier molecular flexibility index (Phi) is 5.70. The molecule has 36 valence electrons. The van der Waals surface area contributed by atoms with Crippen molar-refractivity contribution in [2.45, 2.75) is 0 Å². The summed E-state index contributed by atoms with van der Waals surface area (Å²) < 4.78 is 11.0. The first-order valence-electron chi connectivity index (χ1n) is 1.43. The first-order valence-corrected chi connectivity index (χ1v) is 3.65. The maximum absolute atomic E-state index is 11.0. The molecule has 0 fully saturated rings. The maximum Gasteiger partial charge on any atom is 0.115 e. The summed E-state index contributed by atoms with van der Waals surface area (Å²) in [4.78, 5) is 0. The van der Waals surface area contributed by atoms with Crippen molar-refractivity contribution in [3.63, 3.8) is 0 Å². The molecule has 0 aliphatic heterocycles. The molecule has 0 saturated heterocycles. The van der Waals surface area contributed by atoms with Crippen LogP contribution in [0.2, 0.25) is 0 Å². The van der Waals surface area contributed by atoms with E-state index in [1.807, 2.05) is 0 Å². The van der Waals surface area contributed by atoms with E-state index in [1.54, 1.807) is 6.08 Å². The molecule has 0 N–H and O–H groups in total. The van der Waals surface area contributed by atoms with Crippen molar-refractivity contribution < 1.29 is 3.89 Å². The Balaban J connectivity index is 2.49. The van der Waals surface area contributed by atoms with Crippen LogP contribution < -0.4 is 0 Å². The van der Waals surface area contributed by atoms with Crippen molar-refractivity contribution >= 4 is 22.0 Å². The summed E-state index contributed by atoms with van der Waals surface area (Å²) in [5, 5.41) is 0. The highest BCUT2D eigenvalue weighted by atomic mass is 33.1. The predicted octanol–water partition coefficient (Wildman–Crippen LogP) is 2.44. The van der Waals surface area contributed by atoms with Crippen LogP contribution in [0.4, 0.5) is 3.89 Å². The summed E-state index contributed by atoms with van der Waals surface area (Å²) in [5.41, 5.74) is 0. The van der Waals surface area contributed by atoms with Crippen LogP contribution in [0.3, 0.4) is 0 Å². The first kappa shape index (κ1) is 6.37. The van der Waals surface area contributed by atoms with E-state index in [9.17, 15) is 3.89 Å². The van der Waals surface area contributed by atoms with E-state index >= 15 is 0 Å². The fraction of sp³-hybridized carbons (Fsp3) is 0.333. The Morgan fingerprint density at radius 2 is 2.50 bits per heavy atom. The molecule has 0 amide bonds. The van der Waals surface area contributed by atoms with Crippen molar-refractivity contribution in [1.82, 2.24) is 0 Å². The minimum atomic E-state index is 0.272. The summed E-state index contributed by atoms with van der Waals surface area (Å²) in [6, 6.07) is 0. The number of hydrogen-bond donors (Lipinski definition) is 0. The molecular weight excluding hydrogens is 119 g/mol. The minimum Gasteiger partial charge on any atom is -0.153 e. The highest BCUT2D eigenvalue weighted by Crippen LogP contribution is 2.20. The van der Waals surface area contributed by atoms with E-state index < -0.39 is 0 Å². The van der Waals surface area contributed by atoms with Gasteiger partial charge in [0.15, 0.2) is 0 Å². The lowest BCUT2D eigenvalue weighted by Crippen LogP contribution is -1.54. The second-order valence-electron chi connectivity index (χ2n) is 0.636. The molecule has 0 atom stereocenters. The molecule has 0 heterocycles. The molecule has 0 aromatic heterocycles. The van der Waals surface area contributed by atoms with Gasteiger partial charge in [-0.2, -0.15) is 3.89 Å². The van der Waals surface area contributed by atoms with Gasteiger partial charge in [-0.05, 0) is 0 Å². The standard InChI is InChI=1S/C3H5FS2/c1-2-3-5-6-4/h2H,1,3H2. The van der Waals surface area contributed by atoms with Gasteiger partial charge >= 0.3 is 0 Å². The van der Waals surface area contributed by atoms with E-state index in [0.29, 0.717) is 5.75 Å². The zero-order valence-electron chi connectivity index (χ0n) is 3.19. The molecule has 0 saturated carbocycles. The molecular formula is C3H5FS2. The Bertz CT molecular complexity index is 37.8. The topological polar surface area (TPSA) is 0 Å². The molecule has 0 nitrogen and oxygen atoms in total. The zero-order chi connectivity index (χ0) is 4.83. The summed E-state index contributed by atoms with van der Waals surface area (Å²) in [5.74, 6) is 0.682. The quantitative estimate of drug-likeness (QED) is 0.322. The molecule has 6 heavy (non-hydrogen) atoms. The molecule has 0 aliphatic carbocycles. The third-order valence-corrected chi connectivity index (χ3v) is 1.37. The lowest BCUT2D eigenvalue weighted by molar-refractivity contribution is 0.953. The van der Waals surface area contributed by atoms with Crippen LogP contribution in [0.5, 0.6) is 0 Å². The van der Waals surface area contributed by atoms with Crippen molar-refractivity contribution in [2.24, 2.45) is 0 Å². The van der Waals surface area contributed by atoms with Crippen molar-refractivity contribution in [3.8, 4) is 0 Å². The third kappa shape index (κ3) is 4.37. The second kappa shape index (κ2) is 5.37. The summed E-state index contributed by atoms with van der Waals surface area (Å²) >= 11 is 0.272. The van der Waals surface area contributed by atoms with Crippen LogP contribution in [0.1, 0.15) is 0 Å². The van der Waals surface area contributed by atoms with E-state index in [1.165, 1.54) is 0 Å². The van der Waals surface area contributed by atoms with E-state index in [0.717, 1.165) is 10.8 Å². The van der Waals surface area contributed by atoms with Gasteiger partial charge in [0.1, 0.15) is 11.2 Å². The van der Waals surface area contributed by atoms with Crippen LogP contribution in [-0.2, 0) is 0 Å². The van der Waals surface area contributed by atoms with Gasteiger partial charge in [0.25, 0.3) is 0 Å². The van der Waals surface area contributed by atoms with Crippen LogP contribution in [-0.4, -0.2) is 5.75 Å². The Morgan fingerprint density at radius 1 is 1.83 bits per heavy atom. The van der Waals surface area contributed by atoms with Crippen molar-refractivity contribution in [1.29, 1.82) is 0 Å². The first-order chi connectivity index (χ1) is 2.91. The summed E-state index contributed by atoms with van der Waals surface area (Å²) in [6.45, 7) is 3.40. The van der Waals surface area contributed by atoms with Crippen LogP contribution in [0.25, 0.3) is 0 Å². The van der Waals surface area contributed by atoms with Gasteiger partial charge in [-0.15, -0.1) is 6.58 Å². The van der Waals surface area contributed by atoms with E-state index in [-0.39, 0.29) is 11.2 Å². The Morgan fingerprint density at radius 3 is 2.67 bits per heavy atom. The minimum absolute atomic E-state index is 0.272. The van der Waals surface area contributed by atoms with Gasteiger partial charge in [-0.3, -0.25) is 0 Å². The van der Waals surface area contributed by atoms with Gasteiger partial charge in [0, 0.05) is 5.75 Å². The molecule has 0 aliphatic rings. The van der Waals surface area contributed by atoms with E-state index in [2.05, 4.69) is 6.58 Å². The molecule has 0 rings (SSSR count). The molecule has 0 radical (unpaired) electrons. The largest absolute Gasteiger partial charge is 0.153 e. The number of halogens is 1. The van der Waals surface area contributed by atoms with Gasteiger partial charge in [-0.1, -0.05) is 16.9 Å². The summed E-state index contributed by atoms with van der Waals surface area (Å²) in [6.07, 6.45) is 1.66. The monoisotopic (exact) mass is 124 g/mol. The average molecular weight is 124 g/mol. The fourth-order valence-electron chi connectivity index (χ4n) is 0.0738. The molecule has 0 aromatic rings. The van der Waals surface area contributed by atoms with E-state index in [4.69, 9.17) is 0 Å². The average Bonchev–Trinajstić information content (AvgIpc) is 1.61. The van der Waals surface area contributed by atoms with Crippen LogP contribution in [0, 0.1) is 0 Å². The van der Waals surface area contributed by atoms with Crippen molar-refractivity contribution in [3.05, 3.63) is 12.7 Å². The molecule has 0 unspecified atom stereocenters. The molecule has 0 aromatic carbocycles. The normalized spacial score (nSPS) is 8.17. The Labute approximate surface area is 44.9 Å². The summed E-state index contributed by atoms with van der Waals surface area (Å²) in [7, 11) is 1.14. The molecule has 0 spiro atoms. The SMILES string of the molecule is C=CCSSF. The maximum atomic E-state index is 11.0. The molecule has 3 heteroatoms. The highest BCUT2D eigenvalue weighted by Gasteiger charge is 1.76. The van der Waals surface area contributed by atoms with Crippen LogP contribution in [0.15, 0.2) is 12.7 Å². The lowest BCUT2D eigenvalue weighted by atomic mass is 10.8. The number of rotatable bonds is 3. The smallest absolute Gasteiger partial charge is 0.115 e. The van der Waals surface area contributed by atoms with Gasteiger partial charge < -0.3 is 0 Å². The second-order valence-corrected chi connectivity index (χ2v) is 2.42. The predicted molar refractivity (Wildman–Crippen MR) is 31.4 cm³/mol. The van der Waals surface area contributed by atoms with Gasteiger partial charge in [-0.25, -0.2) is 0 Å². The fourth-order valence-corrected chi connectivity index (χ4v) is 0.664. The lowest BCUT2D eigenvalue weighted by Gasteiger charge is -1.77. The Hall–Kier alpha value is 0.370. The van der Waals surface area contributed by atoms with Gasteiger partial charge in [0.2, 0.25) is 0 Å². The van der Waals surface area contributed by atoms with Gasteiger partial charge in [0.05, 0.1) is 0 Å². The number of hydrogen-bond acceptors (Lipinski definition) is 2. The van der Waals surface area contributed by atoms with Crippen molar-refractivity contribution in [2.75, 3.05) is 5.75 Å². The highest BCUT2D eigenvalue weighted by molar-refractivity contribution is 8.74. The molecule has 0 bridgehead atoms. The zero-order valence-corrected chi connectivity index (χ0v) is 4.82. The van der Waals surface area contributed by atoms with Crippen LogP contribution >= 0.6 is 22.0 Å². The third-order valence-electron chi connectivity index (χ3n) is 0.230.